The Morgan fingerprint density at radius 1 is 1.08 bits per heavy atom. The predicted molar refractivity (Wildman–Crippen MR) is 177 cm³/mol. The Bertz CT molecular complexity index is 1670. The quantitative estimate of drug-likeness (QED) is 0.355. The lowest BCUT2D eigenvalue weighted by Crippen LogP contribution is -2.58. The number of benzene rings is 1. The molecule has 1 saturated heterocycles. The van der Waals surface area contributed by atoms with Crippen molar-refractivity contribution in [3.05, 3.63) is 46.5 Å². The van der Waals surface area contributed by atoms with Crippen molar-refractivity contribution in [3.63, 3.8) is 0 Å². The van der Waals surface area contributed by atoms with Gasteiger partial charge < -0.3 is 25.0 Å². The van der Waals surface area contributed by atoms with Crippen LogP contribution in [-0.4, -0.2) is 96.9 Å². The van der Waals surface area contributed by atoms with Crippen molar-refractivity contribution in [3.8, 4) is 0 Å². The second-order valence-electron chi connectivity index (χ2n) is 13.6. The maximum atomic E-state index is 14.1. The third-order valence-electron chi connectivity index (χ3n) is 9.86. The van der Waals surface area contributed by atoms with Crippen LogP contribution in [0.5, 0.6) is 0 Å². The molecule has 272 valence electrons. The van der Waals surface area contributed by atoms with Gasteiger partial charge in [0.25, 0.3) is 5.91 Å². The number of ether oxygens (including phenoxy) is 2. The van der Waals surface area contributed by atoms with Crippen LogP contribution in [0.1, 0.15) is 68.9 Å². The summed E-state index contributed by atoms with van der Waals surface area (Å²) >= 11 is 6.12. The number of alkyl halides is 1. The molecule has 6 rings (SSSR count). The Labute approximate surface area is 294 Å². The van der Waals surface area contributed by atoms with Crippen LogP contribution in [-0.2, 0) is 47.0 Å². The fourth-order valence-corrected chi connectivity index (χ4v) is 8.43. The summed E-state index contributed by atoms with van der Waals surface area (Å²) in [5.74, 6) is -2.70. The average Bonchev–Trinajstić information content (AvgIpc) is 3.96. The molecule has 0 unspecified atom stereocenters. The zero-order chi connectivity index (χ0) is 35.6. The second-order valence-corrected chi connectivity index (χ2v) is 15.9. The molecule has 0 bridgehead atoms. The summed E-state index contributed by atoms with van der Waals surface area (Å²) in [4.78, 5) is 70.2. The fraction of sp³-hybridized carbons (Fsp3) is 0.606. The van der Waals surface area contributed by atoms with Crippen molar-refractivity contribution >= 4 is 51.5 Å². The van der Waals surface area contributed by atoms with Crippen molar-refractivity contribution in [1.29, 1.82) is 0 Å². The first-order valence-corrected chi connectivity index (χ1v) is 18.9. The largest absolute Gasteiger partial charge is 0.447 e. The first-order chi connectivity index (χ1) is 23.9. The lowest BCUT2D eigenvalue weighted by Gasteiger charge is -2.29. The molecule has 2 saturated carbocycles. The Hall–Kier alpha value is -3.92. The highest BCUT2D eigenvalue weighted by Crippen LogP contribution is 2.46. The zero-order valence-electron chi connectivity index (χ0n) is 27.4. The van der Waals surface area contributed by atoms with Crippen LogP contribution in [0.2, 0.25) is 5.02 Å². The maximum Gasteiger partial charge on any atom is 0.410 e. The molecule has 0 spiro atoms. The summed E-state index contributed by atoms with van der Waals surface area (Å²) in [7, 11) is -3.92. The number of nitrogens with zero attached hydrogens (tertiary/aromatic N) is 2. The van der Waals surface area contributed by atoms with Crippen LogP contribution >= 0.6 is 11.6 Å². The summed E-state index contributed by atoms with van der Waals surface area (Å²) < 4.78 is 50.9. The van der Waals surface area contributed by atoms with E-state index in [-0.39, 0.29) is 38.9 Å². The van der Waals surface area contributed by atoms with Gasteiger partial charge in [-0.1, -0.05) is 42.7 Å². The van der Waals surface area contributed by atoms with Gasteiger partial charge in [-0.15, -0.1) is 0 Å². The van der Waals surface area contributed by atoms with E-state index in [4.69, 9.17) is 21.1 Å². The van der Waals surface area contributed by atoms with Crippen molar-refractivity contribution in [2.45, 2.75) is 99.9 Å². The molecule has 5 amide bonds. The lowest BCUT2D eigenvalue weighted by atomic mass is 10.1. The van der Waals surface area contributed by atoms with Crippen LogP contribution in [0.3, 0.4) is 0 Å². The Morgan fingerprint density at radius 3 is 2.62 bits per heavy atom. The molecule has 1 aromatic carbocycles. The number of nitrogens with one attached hydrogen (secondary N) is 3. The predicted octanol–water partition coefficient (Wildman–Crippen LogP) is 2.83. The summed E-state index contributed by atoms with van der Waals surface area (Å²) in [5, 5.41) is 5.14. The molecule has 3 N–H and O–H groups in total. The molecule has 3 heterocycles. The van der Waals surface area contributed by atoms with E-state index < -0.39 is 88.1 Å². The molecule has 3 aliphatic heterocycles. The number of fused-ring (bicyclic) bond motifs is 3. The smallest absolute Gasteiger partial charge is 0.410 e. The van der Waals surface area contributed by atoms with E-state index in [1.165, 1.54) is 9.80 Å². The van der Waals surface area contributed by atoms with Gasteiger partial charge in [0, 0.05) is 30.5 Å². The van der Waals surface area contributed by atoms with E-state index in [2.05, 4.69) is 15.4 Å². The zero-order valence-corrected chi connectivity index (χ0v) is 29.0. The van der Waals surface area contributed by atoms with Gasteiger partial charge in [-0.2, -0.15) is 0 Å². The minimum absolute atomic E-state index is 0.118. The van der Waals surface area contributed by atoms with E-state index in [1.54, 1.807) is 18.2 Å². The average molecular weight is 738 g/mol. The standard InChI is InChI=1S/C33H41ClFN5O9S/c34-23-9-8-20-17-39(18-21(20)14-23)32(45)49-24-15-27-28(41)37-33(30(43)38-50(46,47)25-10-11-25)16-22(33)6-4-2-1-3-5-7-26(29(42)40(27)19-24)36-31(44)48-13-12-35/h4,6,8-9,14,22,24-27H,1-3,5,7,10-13,15-19H2,(H,36,44)(H,37,41)(H,38,43)/b6-4-/t22-,24-,26+,27+,33-/m1/s1. The minimum atomic E-state index is -3.92. The Kier molecular flexibility index (Phi) is 10.6. The topological polar surface area (TPSA) is 181 Å². The van der Waals surface area contributed by atoms with E-state index in [0.29, 0.717) is 37.1 Å². The first kappa shape index (κ1) is 35.9. The second kappa shape index (κ2) is 14.7. The highest BCUT2D eigenvalue weighted by Gasteiger charge is 2.62. The van der Waals surface area contributed by atoms with E-state index in [1.807, 2.05) is 12.1 Å². The molecule has 0 aromatic heterocycles. The van der Waals surface area contributed by atoms with Gasteiger partial charge >= 0.3 is 12.2 Å². The SMILES string of the molecule is O=C(N[C@H]1CCCCC/C=C\[C@@H]2C[C@@]2(C(=O)NS(=O)(=O)C2CC2)NC(=O)[C@@H]2C[C@@H](OC(=O)N3Cc4ccc(Cl)cc4C3)CN2C1=O)OCCF. The minimum Gasteiger partial charge on any atom is -0.447 e. The van der Waals surface area contributed by atoms with E-state index in [9.17, 15) is 36.8 Å². The van der Waals surface area contributed by atoms with Gasteiger partial charge in [0.05, 0.1) is 11.8 Å². The molecule has 2 aliphatic carbocycles. The number of sulfonamides is 1. The van der Waals surface area contributed by atoms with Gasteiger partial charge in [-0.05, 0) is 61.8 Å². The van der Waals surface area contributed by atoms with Crippen molar-refractivity contribution in [2.24, 2.45) is 5.92 Å². The van der Waals surface area contributed by atoms with Crippen LogP contribution in [0, 0.1) is 5.92 Å². The van der Waals surface area contributed by atoms with Gasteiger partial charge in [0.15, 0.2) is 0 Å². The number of hydrogen-bond donors (Lipinski definition) is 3. The Balaban J connectivity index is 1.24. The van der Waals surface area contributed by atoms with Gasteiger partial charge in [-0.25, -0.2) is 22.4 Å². The van der Waals surface area contributed by atoms with Crippen LogP contribution in [0.4, 0.5) is 14.0 Å². The third-order valence-corrected chi connectivity index (χ3v) is 11.9. The summed E-state index contributed by atoms with van der Waals surface area (Å²) in [5.41, 5.74) is 0.223. The maximum absolute atomic E-state index is 14.1. The molecule has 1 aromatic rings. The van der Waals surface area contributed by atoms with Crippen LogP contribution in [0.25, 0.3) is 0 Å². The molecule has 50 heavy (non-hydrogen) atoms. The third kappa shape index (κ3) is 8.01. The summed E-state index contributed by atoms with van der Waals surface area (Å²) in [6.07, 6.45) is 4.83. The van der Waals surface area contributed by atoms with Crippen molar-refractivity contribution < 1.29 is 46.3 Å². The Morgan fingerprint density at radius 2 is 1.86 bits per heavy atom. The normalized spacial score (nSPS) is 28.9. The summed E-state index contributed by atoms with van der Waals surface area (Å²) in [6, 6.07) is 2.96. The number of carbonyl (C=O) groups excluding carboxylic acids is 5. The highest BCUT2D eigenvalue weighted by molar-refractivity contribution is 7.91. The molecule has 5 atom stereocenters. The van der Waals surface area contributed by atoms with Gasteiger partial charge in [0.2, 0.25) is 21.8 Å². The number of allylic oxidation sites excluding steroid dienone is 1. The van der Waals surface area contributed by atoms with Gasteiger partial charge in [0.1, 0.15) is 37.0 Å². The van der Waals surface area contributed by atoms with E-state index in [0.717, 1.165) is 17.5 Å². The molecule has 0 radical (unpaired) electrons. The molecule has 3 fully saturated rings. The van der Waals surface area contributed by atoms with Crippen LogP contribution in [0.15, 0.2) is 30.4 Å². The van der Waals surface area contributed by atoms with Crippen LogP contribution < -0.4 is 15.4 Å². The van der Waals surface area contributed by atoms with E-state index >= 15 is 0 Å². The molecule has 17 heteroatoms. The molecule has 5 aliphatic rings. The lowest BCUT2D eigenvalue weighted by molar-refractivity contribution is -0.141. The number of amides is 5. The van der Waals surface area contributed by atoms with Gasteiger partial charge in [-0.3, -0.25) is 24.0 Å². The monoisotopic (exact) mass is 737 g/mol. The molecular formula is C33H41ClFN5O9S. The number of rotatable bonds is 7. The number of hydrogen-bond acceptors (Lipinski definition) is 9. The highest BCUT2D eigenvalue weighted by atomic mass is 35.5. The number of alkyl carbamates (subject to hydrolysis) is 1. The van der Waals surface area contributed by atoms with Crippen molar-refractivity contribution in [2.75, 3.05) is 19.8 Å². The van der Waals surface area contributed by atoms with Crippen molar-refractivity contribution in [1.82, 2.24) is 25.2 Å². The fourth-order valence-electron chi connectivity index (χ4n) is 6.87. The molecular weight excluding hydrogens is 697 g/mol. The number of carbonyl (C=O) groups is 5. The number of halogens is 2. The molecule has 14 nitrogen and oxygen atoms in total. The summed E-state index contributed by atoms with van der Waals surface area (Å²) in [6.45, 7) is -1.05. The first-order valence-electron chi connectivity index (χ1n) is 17.0.